The summed E-state index contributed by atoms with van der Waals surface area (Å²) in [5.74, 6) is 2.91. The van der Waals surface area contributed by atoms with Gasteiger partial charge >= 0.3 is 0 Å². The van der Waals surface area contributed by atoms with Gasteiger partial charge in [0.1, 0.15) is 12.2 Å². The van der Waals surface area contributed by atoms with Gasteiger partial charge in [-0.3, -0.25) is 0 Å². The van der Waals surface area contributed by atoms with Crippen molar-refractivity contribution >= 4 is 0 Å². The van der Waals surface area contributed by atoms with E-state index in [1.54, 1.807) is 7.11 Å². The maximum atomic E-state index is 9.54. The monoisotopic (exact) mass is 198 g/mol. The van der Waals surface area contributed by atoms with Crippen LogP contribution in [0.4, 0.5) is 0 Å². The zero-order valence-electron chi connectivity index (χ0n) is 8.93. The lowest BCUT2D eigenvalue weighted by atomic mass is 9.87. The Bertz CT molecular complexity index is 221. The van der Waals surface area contributed by atoms with E-state index in [1.165, 1.54) is 0 Å². The molecule has 1 aliphatic rings. The summed E-state index contributed by atoms with van der Waals surface area (Å²) in [5.41, 5.74) is 0. The molecule has 1 heterocycles. The third-order valence-corrected chi connectivity index (χ3v) is 2.77. The van der Waals surface area contributed by atoms with Crippen LogP contribution >= 0.6 is 0 Å². The van der Waals surface area contributed by atoms with Gasteiger partial charge in [0.25, 0.3) is 0 Å². The predicted molar refractivity (Wildman–Crippen MR) is 53.5 cm³/mol. The summed E-state index contributed by atoms with van der Waals surface area (Å²) in [6.07, 6.45) is 4.73. The van der Waals surface area contributed by atoms with Crippen LogP contribution in [-0.2, 0) is 9.47 Å². The molecule has 5 atom stereocenters. The summed E-state index contributed by atoms with van der Waals surface area (Å²) in [4.78, 5) is 0. The average Bonchev–Trinajstić information content (AvgIpc) is 2.17. The number of aliphatic hydroxyl groups is 1. The Morgan fingerprint density at radius 3 is 2.64 bits per heavy atom. The minimum Gasteiger partial charge on any atom is -0.378 e. The molecule has 0 radical (unpaired) electrons. The van der Waals surface area contributed by atoms with Gasteiger partial charge in [0.2, 0.25) is 0 Å². The highest BCUT2D eigenvalue weighted by Gasteiger charge is 2.36. The molecule has 1 fully saturated rings. The van der Waals surface area contributed by atoms with Crippen molar-refractivity contribution in [3.8, 4) is 12.3 Å². The van der Waals surface area contributed by atoms with E-state index in [2.05, 4.69) is 12.8 Å². The number of hydrogen-bond donors (Lipinski definition) is 1. The second-order valence-corrected chi connectivity index (χ2v) is 4.01. The average molecular weight is 198 g/mol. The molecule has 0 aromatic carbocycles. The Kier molecular flexibility index (Phi) is 3.94. The summed E-state index contributed by atoms with van der Waals surface area (Å²) in [5, 5.41) is 9.54. The minimum atomic E-state index is -0.838. The summed E-state index contributed by atoms with van der Waals surface area (Å²) in [6.45, 7) is 4.11. The van der Waals surface area contributed by atoms with Crippen LogP contribution in [0.1, 0.15) is 20.3 Å². The molecule has 3 heteroatoms. The van der Waals surface area contributed by atoms with Crippen LogP contribution < -0.4 is 0 Å². The molecule has 0 aromatic heterocycles. The van der Waals surface area contributed by atoms with Crippen LogP contribution in [0, 0.1) is 24.2 Å². The summed E-state index contributed by atoms with van der Waals surface area (Å²) in [6, 6.07) is 0. The van der Waals surface area contributed by atoms with E-state index in [0.29, 0.717) is 5.92 Å². The fourth-order valence-electron chi connectivity index (χ4n) is 2.02. The number of ether oxygens (including phenoxy) is 2. The van der Waals surface area contributed by atoms with Gasteiger partial charge < -0.3 is 14.6 Å². The van der Waals surface area contributed by atoms with Crippen molar-refractivity contribution in [1.29, 1.82) is 0 Å². The predicted octanol–water partition coefficient (Wildman–Crippen LogP) is 1.01. The molecule has 0 aromatic rings. The highest BCUT2D eigenvalue weighted by atomic mass is 16.7. The Labute approximate surface area is 85.4 Å². The molecule has 0 spiro atoms. The molecule has 14 heavy (non-hydrogen) atoms. The van der Waals surface area contributed by atoms with Crippen LogP contribution in [0.15, 0.2) is 0 Å². The Morgan fingerprint density at radius 2 is 2.14 bits per heavy atom. The topological polar surface area (TPSA) is 38.7 Å². The zero-order chi connectivity index (χ0) is 10.7. The number of rotatable bonds is 2. The fraction of sp³-hybridized carbons (Fsp3) is 0.818. The number of terminal acetylenes is 1. The van der Waals surface area contributed by atoms with Gasteiger partial charge in [-0.1, -0.05) is 19.8 Å². The van der Waals surface area contributed by atoms with E-state index >= 15 is 0 Å². The molecular weight excluding hydrogens is 180 g/mol. The molecule has 0 unspecified atom stereocenters. The van der Waals surface area contributed by atoms with Gasteiger partial charge in [-0.25, -0.2) is 0 Å². The minimum absolute atomic E-state index is 0.251. The van der Waals surface area contributed by atoms with Crippen LogP contribution in [0.3, 0.4) is 0 Å². The van der Waals surface area contributed by atoms with Crippen molar-refractivity contribution < 1.29 is 14.6 Å². The maximum absolute atomic E-state index is 9.54. The first kappa shape index (κ1) is 11.5. The number of aliphatic hydroxyl groups excluding tert-OH is 1. The lowest BCUT2D eigenvalue weighted by molar-refractivity contribution is -0.235. The molecule has 0 aliphatic carbocycles. The molecule has 1 N–H and O–H groups in total. The smallest absolute Gasteiger partial charge is 0.160 e. The third kappa shape index (κ3) is 2.27. The lowest BCUT2D eigenvalue weighted by Gasteiger charge is -2.39. The second kappa shape index (κ2) is 4.79. The van der Waals surface area contributed by atoms with Crippen molar-refractivity contribution in [2.45, 2.75) is 38.8 Å². The quantitative estimate of drug-likeness (QED) is 0.673. The molecule has 3 nitrogen and oxygen atoms in total. The molecule has 1 aliphatic heterocycles. The molecule has 1 saturated heterocycles. The fourth-order valence-corrected chi connectivity index (χ4v) is 2.02. The van der Waals surface area contributed by atoms with Crippen LogP contribution in [0.5, 0.6) is 0 Å². The Hall–Kier alpha value is -0.560. The normalized spacial score (nSPS) is 40.2. The first-order valence-electron chi connectivity index (χ1n) is 4.92. The van der Waals surface area contributed by atoms with Crippen molar-refractivity contribution in [3.05, 3.63) is 0 Å². The van der Waals surface area contributed by atoms with Gasteiger partial charge in [-0.05, 0) is 12.3 Å². The first-order valence-corrected chi connectivity index (χ1v) is 4.92. The van der Waals surface area contributed by atoms with Crippen molar-refractivity contribution in [3.63, 3.8) is 0 Å². The van der Waals surface area contributed by atoms with E-state index in [9.17, 15) is 5.11 Å². The summed E-state index contributed by atoms with van der Waals surface area (Å²) >= 11 is 0. The highest BCUT2D eigenvalue weighted by Crippen LogP contribution is 2.31. The van der Waals surface area contributed by atoms with Gasteiger partial charge in [0, 0.05) is 13.0 Å². The maximum Gasteiger partial charge on any atom is 0.160 e. The highest BCUT2D eigenvalue weighted by molar-refractivity contribution is 5.00. The van der Waals surface area contributed by atoms with E-state index < -0.39 is 6.10 Å². The van der Waals surface area contributed by atoms with Crippen LogP contribution in [0.2, 0.25) is 0 Å². The van der Waals surface area contributed by atoms with Gasteiger partial charge in [-0.2, -0.15) is 0 Å². The van der Waals surface area contributed by atoms with Gasteiger partial charge in [-0.15, -0.1) is 6.42 Å². The second-order valence-electron chi connectivity index (χ2n) is 4.01. The van der Waals surface area contributed by atoms with Crippen molar-refractivity contribution in [1.82, 2.24) is 0 Å². The van der Waals surface area contributed by atoms with Gasteiger partial charge in [0.15, 0.2) is 6.29 Å². The third-order valence-electron chi connectivity index (χ3n) is 2.77. The molecule has 1 rings (SSSR count). The largest absolute Gasteiger partial charge is 0.378 e. The van der Waals surface area contributed by atoms with E-state index in [4.69, 9.17) is 15.9 Å². The number of hydrogen-bond acceptors (Lipinski definition) is 3. The molecule has 80 valence electrons. The molecule has 0 amide bonds. The van der Waals surface area contributed by atoms with E-state index in [0.717, 1.165) is 6.42 Å². The van der Waals surface area contributed by atoms with Crippen LogP contribution in [0.25, 0.3) is 0 Å². The SMILES string of the molecule is C#C[C@@H](O)[C@@H]1O[C@@H](OC)[C@@H](C)C[C@H]1C. The summed E-state index contributed by atoms with van der Waals surface area (Å²) < 4.78 is 10.8. The van der Waals surface area contributed by atoms with Crippen molar-refractivity contribution in [2.75, 3.05) is 7.11 Å². The van der Waals surface area contributed by atoms with E-state index in [-0.39, 0.29) is 18.3 Å². The van der Waals surface area contributed by atoms with Crippen molar-refractivity contribution in [2.24, 2.45) is 11.8 Å². The van der Waals surface area contributed by atoms with Gasteiger partial charge in [0.05, 0.1) is 0 Å². The molecular formula is C11H18O3. The van der Waals surface area contributed by atoms with E-state index in [1.807, 2.05) is 6.92 Å². The zero-order valence-corrected chi connectivity index (χ0v) is 8.93. The standard InChI is InChI=1S/C11H18O3/c1-5-9(12)10-7(2)6-8(3)11(13-4)14-10/h1,7-12H,6H2,2-4H3/t7-,8+,9-,10-,11-/m1/s1. The Balaban J connectivity index is 2.65. The molecule has 0 bridgehead atoms. The Morgan fingerprint density at radius 1 is 1.50 bits per heavy atom. The lowest BCUT2D eigenvalue weighted by Crippen LogP contribution is -2.45. The van der Waals surface area contributed by atoms with Crippen LogP contribution in [-0.4, -0.2) is 30.7 Å². The molecule has 0 saturated carbocycles. The first-order chi connectivity index (χ1) is 6.60. The number of methoxy groups -OCH3 is 1. The summed E-state index contributed by atoms with van der Waals surface area (Å²) in [7, 11) is 1.61.